The Kier molecular flexibility index (Phi) is 6.21. The zero-order valence-corrected chi connectivity index (χ0v) is 15.1. The zero-order valence-electron chi connectivity index (χ0n) is 15.1. The first-order chi connectivity index (χ1) is 12.7. The molecule has 0 radical (unpaired) electrons. The van der Waals surface area contributed by atoms with Gasteiger partial charge >= 0.3 is 6.18 Å². The van der Waals surface area contributed by atoms with Crippen LogP contribution >= 0.6 is 0 Å². The van der Waals surface area contributed by atoms with Gasteiger partial charge in [-0.15, -0.1) is 0 Å². The number of alkyl halides is 3. The molecule has 0 spiro atoms. The molecule has 1 heterocycles. The van der Waals surface area contributed by atoms with Crippen LogP contribution in [-0.2, 0) is 9.47 Å². The van der Waals surface area contributed by atoms with Crippen LogP contribution in [0.15, 0.2) is 18.2 Å². The first kappa shape index (κ1) is 20.3. The van der Waals surface area contributed by atoms with Gasteiger partial charge in [0.05, 0.1) is 13.2 Å². The second-order valence-electron chi connectivity index (χ2n) is 7.53. The maximum absolute atomic E-state index is 14.1. The standard InChI is InChI=1S/C20H23F5O2/c1-12-10-26-19(27-11-12)14-4-2-13(3-5-14)15-8-17(21)16(18(22)9-15)6-7-20(23,24)25/h6-9,12-14,19H,2-5,10-11H2,1H3/b7-6+. The number of hydrogen-bond donors (Lipinski definition) is 0. The molecular formula is C20H23F5O2. The van der Waals surface area contributed by atoms with Gasteiger partial charge in [0.1, 0.15) is 11.6 Å². The summed E-state index contributed by atoms with van der Waals surface area (Å²) in [4.78, 5) is 0. The van der Waals surface area contributed by atoms with E-state index in [1.165, 1.54) is 0 Å². The van der Waals surface area contributed by atoms with E-state index >= 15 is 0 Å². The topological polar surface area (TPSA) is 18.5 Å². The first-order valence-corrected chi connectivity index (χ1v) is 9.21. The third kappa shape index (κ3) is 5.29. The molecule has 0 N–H and O–H groups in total. The summed E-state index contributed by atoms with van der Waals surface area (Å²) in [6.45, 7) is 3.41. The Labute approximate surface area is 155 Å². The van der Waals surface area contributed by atoms with Gasteiger partial charge in [0.2, 0.25) is 0 Å². The third-order valence-electron chi connectivity index (χ3n) is 5.26. The second-order valence-corrected chi connectivity index (χ2v) is 7.53. The molecule has 27 heavy (non-hydrogen) atoms. The van der Waals surface area contributed by atoms with E-state index in [2.05, 4.69) is 6.92 Å². The third-order valence-corrected chi connectivity index (χ3v) is 5.26. The Morgan fingerprint density at radius 3 is 2.04 bits per heavy atom. The molecule has 1 aliphatic carbocycles. The van der Waals surface area contributed by atoms with Crippen LogP contribution in [0.25, 0.3) is 6.08 Å². The summed E-state index contributed by atoms with van der Waals surface area (Å²) in [6.07, 6.45) is -1.44. The number of ether oxygens (including phenoxy) is 2. The first-order valence-electron chi connectivity index (χ1n) is 9.21. The van der Waals surface area contributed by atoms with Crippen LogP contribution < -0.4 is 0 Å². The van der Waals surface area contributed by atoms with Gasteiger partial charge in [-0.3, -0.25) is 0 Å². The highest BCUT2D eigenvalue weighted by molar-refractivity contribution is 5.52. The quantitative estimate of drug-likeness (QED) is 0.605. The van der Waals surface area contributed by atoms with Crippen LogP contribution in [0.4, 0.5) is 22.0 Å². The maximum atomic E-state index is 14.1. The monoisotopic (exact) mass is 390 g/mol. The number of halogens is 5. The number of benzene rings is 1. The average molecular weight is 390 g/mol. The summed E-state index contributed by atoms with van der Waals surface area (Å²) in [6, 6.07) is 2.30. The van der Waals surface area contributed by atoms with Crippen molar-refractivity contribution in [2.45, 2.75) is 51.0 Å². The molecule has 1 aromatic rings. The molecule has 2 fully saturated rings. The lowest BCUT2D eigenvalue weighted by Crippen LogP contribution is -2.37. The fourth-order valence-corrected chi connectivity index (χ4v) is 3.79. The SMILES string of the molecule is CC1COC(C2CCC(c3cc(F)c(/C=C/C(F)(F)F)c(F)c3)CC2)OC1. The Balaban J connectivity index is 1.63. The number of hydrogen-bond acceptors (Lipinski definition) is 2. The number of allylic oxidation sites excluding steroid dienone is 1. The largest absolute Gasteiger partial charge is 0.409 e. The van der Waals surface area contributed by atoms with E-state index in [0.717, 1.165) is 37.8 Å². The average Bonchev–Trinajstić information content (AvgIpc) is 2.61. The summed E-state index contributed by atoms with van der Waals surface area (Å²) >= 11 is 0. The van der Waals surface area contributed by atoms with Crippen molar-refractivity contribution in [2.24, 2.45) is 11.8 Å². The van der Waals surface area contributed by atoms with Crippen LogP contribution in [0.2, 0.25) is 0 Å². The van der Waals surface area contributed by atoms with E-state index in [-0.39, 0.29) is 24.2 Å². The smallest absolute Gasteiger partial charge is 0.352 e. The summed E-state index contributed by atoms with van der Waals surface area (Å²) in [5.41, 5.74) is -0.172. The van der Waals surface area contributed by atoms with Crippen LogP contribution in [0.1, 0.15) is 49.7 Å². The fourth-order valence-electron chi connectivity index (χ4n) is 3.79. The minimum absolute atomic E-state index is 0.0200. The summed E-state index contributed by atoms with van der Waals surface area (Å²) < 4.78 is 76.5. The highest BCUT2D eigenvalue weighted by Gasteiger charge is 2.32. The molecule has 2 nitrogen and oxygen atoms in total. The predicted molar refractivity (Wildman–Crippen MR) is 91.0 cm³/mol. The van der Waals surface area contributed by atoms with Gasteiger partial charge in [0.15, 0.2) is 6.29 Å². The lowest BCUT2D eigenvalue weighted by molar-refractivity contribution is -0.226. The molecule has 1 aromatic carbocycles. The van der Waals surface area contributed by atoms with Gasteiger partial charge in [-0.1, -0.05) is 6.92 Å². The molecule has 0 amide bonds. The van der Waals surface area contributed by atoms with E-state index in [9.17, 15) is 22.0 Å². The number of rotatable bonds is 3. The van der Waals surface area contributed by atoms with E-state index < -0.39 is 23.4 Å². The van der Waals surface area contributed by atoms with Crippen molar-refractivity contribution in [1.82, 2.24) is 0 Å². The zero-order chi connectivity index (χ0) is 19.6. The lowest BCUT2D eigenvalue weighted by atomic mass is 9.78. The van der Waals surface area contributed by atoms with Crippen molar-refractivity contribution in [2.75, 3.05) is 13.2 Å². The molecule has 0 bridgehead atoms. The Morgan fingerprint density at radius 2 is 1.52 bits per heavy atom. The Bertz CT molecular complexity index is 646. The van der Waals surface area contributed by atoms with Gasteiger partial charge in [-0.25, -0.2) is 8.78 Å². The Morgan fingerprint density at radius 1 is 0.963 bits per heavy atom. The molecule has 150 valence electrons. The van der Waals surface area contributed by atoms with Crippen LogP contribution in [0.3, 0.4) is 0 Å². The van der Waals surface area contributed by atoms with Crippen molar-refractivity contribution in [3.8, 4) is 0 Å². The molecule has 0 unspecified atom stereocenters. The van der Waals surface area contributed by atoms with Crippen LogP contribution in [0.5, 0.6) is 0 Å². The molecule has 3 rings (SSSR count). The highest BCUT2D eigenvalue weighted by atomic mass is 19.4. The van der Waals surface area contributed by atoms with E-state index in [4.69, 9.17) is 9.47 Å². The van der Waals surface area contributed by atoms with Crippen LogP contribution in [-0.4, -0.2) is 25.7 Å². The van der Waals surface area contributed by atoms with Gasteiger partial charge in [0.25, 0.3) is 0 Å². The summed E-state index contributed by atoms with van der Waals surface area (Å²) in [5.74, 6) is -1.32. The molecule has 0 atom stereocenters. The molecule has 1 aliphatic heterocycles. The van der Waals surface area contributed by atoms with Crippen molar-refractivity contribution in [3.05, 3.63) is 41.0 Å². The van der Waals surface area contributed by atoms with Gasteiger partial charge < -0.3 is 9.47 Å². The van der Waals surface area contributed by atoms with Crippen molar-refractivity contribution < 1.29 is 31.4 Å². The normalized spacial score (nSPS) is 30.0. The molecule has 2 aliphatic rings. The molecule has 1 saturated carbocycles. The van der Waals surface area contributed by atoms with E-state index in [1.54, 1.807) is 0 Å². The van der Waals surface area contributed by atoms with E-state index in [0.29, 0.717) is 30.8 Å². The maximum Gasteiger partial charge on any atom is 0.409 e. The second kappa shape index (κ2) is 8.27. The van der Waals surface area contributed by atoms with Crippen molar-refractivity contribution in [1.29, 1.82) is 0 Å². The molecule has 1 saturated heterocycles. The predicted octanol–water partition coefficient (Wildman–Crippen LogP) is 5.82. The summed E-state index contributed by atoms with van der Waals surface area (Å²) in [5, 5.41) is 0. The molecule has 7 heteroatoms. The van der Waals surface area contributed by atoms with Gasteiger partial charge in [-0.2, -0.15) is 13.2 Å². The molecular weight excluding hydrogens is 367 g/mol. The van der Waals surface area contributed by atoms with Crippen molar-refractivity contribution in [3.63, 3.8) is 0 Å². The Hall–Kier alpha value is -1.47. The molecule has 0 aromatic heterocycles. The minimum atomic E-state index is -4.61. The van der Waals surface area contributed by atoms with Gasteiger partial charge in [-0.05, 0) is 55.4 Å². The summed E-state index contributed by atoms with van der Waals surface area (Å²) in [7, 11) is 0. The fraction of sp³-hybridized carbons (Fsp3) is 0.600. The lowest BCUT2D eigenvalue weighted by Gasteiger charge is -2.37. The van der Waals surface area contributed by atoms with Crippen LogP contribution in [0, 0.1) is 23.5 Å². The highest BCUT2D eigenvalue weighted by Crippen LogP contribution is 2.39. The minimum Gasteiger partial charge on any atom is -0.352 e. The van der Waals surface area contributed by atoms with Crippen molar-refractivity contribution >= 4 is 6.08 Å². The van der Waals surface area contributed by atoms with Gasteiger partial charge in [0, 0.05) is 23.5 Å². The van der Waals surface area contributed by atoms with E-state index in [1.807, 2.05) is 0 Å².